The summed E-state index contributed by atoms with van der Waals surface area (Å²) >= 11 is 0. The Morgan fingerprint density at radius 3 is 2.63 bits per heavy atom. The molecule has 0 saturated carbocycles. The number of amides is 2. The standard InChI is InChI=1S/C14H25N3O2/c1-11(14(19)17-8-4-5-9-17)16-13(18)10-12-6-2-3-7-15-12/h11-12,15H,2-10H2,1H3,(H,16,18). The third-order valence-corrected chi connectivity index (χ3v) is 4.01. The molecule has 5 nitrogen and oxygen atoms in total. The van der Waals surface area contributed by atoms with Crippen molar-refractivity contribution >= 4 is 11.8 Å². The van der Waals surface area contributed by atoms with E-state index in [0.717, 1.165) is 38.9 Å². The summed E-state index contributed by atoms with van der Waals surface area (Å²) in [4.78, 5) is 25.8. The Bertz CT molecular complexity index is 321. The Morgan fingerprint density at radius 1 is 1.26 bits per heavy atom. The largest absolute Gasteiger partial charge is 0.345 e. The van der Waals surface area contributed by atoms with Crippen LogP contribution in [0, 0.1) is 0 Å². The van der Waals surface area contributed by atoms with E-state index in [4.69, 9.17) is 0 Å². The molecule has 2 aliphatic heterocycles. The predicted molar refractivity (Wildman–Crippen MR) is 73.7 cm³/mol. The molecule has 0 bridgehead atoms. The zero-order valence-electron chi connectivity index (χ0n) is 11.8. The van der Waals surface area contributed by atoms with Crippen LogP contribution in [-0.4, -0.2) is 48.4 Å². The highest BCUT2D eigenvalue weighted by molar-refractivity contribution is 5.87. The molecule has 2 heterocycles. The van der Waals surface area contributed by atoms with Gasteiger partial charge < -0.3 is 15.5 Å². The Kier molecular flexibility index (Phi) is 5.19. The Hall–Kier alpha value is -1.10. The van der Waals surface area contributed by atoms with Gasteiger partial charge in [0.1, 0.15) is 6.04 Å². The van der Waals surface area contributed by atoms with Crippen LogP contribution >= 0.6 is 0 Å². The predicted octanol–water partition coefficient (Wildman–Crippen LogP) is 0.646. The summed E-state index contributed by atoms with van der Waals surface area (Å²) in [6.45, 7) is 4.46. The second-order valence-electron chi connectivity index (χ2n) is 5.67. The molecule has 0 aromatic heterocycles. The first-order valence-electron chi connectivity index (χ1n) is 7.48. The van der Waals surface area contributed by atoms with E-state index in [-0.39, 0.29) is 17.9 Å². The molecular formula is C14H25N3O2. The van der Waals surface area contributed by atoms with Gasteiger partial charge in [-0.25, -0.2) is 0 Å². The van der Waals surface area contributed by atoms with Crippen molar-refractivity contribution in [2.24, 2.45) is 0 Å². The van der Waals surface area contributed by atoms with Crippen molar-refractivity contribution in [3.63, 3.8) is 0 Å². The van der Waals surface area contributed by atoms with Crippen LogP contribution in [0.5, 0.6) is 0 Å². The minimum absolute atomic E-state index is 0.0144. The van der Waals surface area contributed by atoms with Crippen molar-refractivity contribution in [2.75, 3.05) is 19.6 Å². The third kappa shape index (κ3) is 4.20. The molecule has 0 aromatic rings. The maximum absolute atomic E-state index is 12.1. The minimum Gasteiger partial charge on any atom is -0.345 e. The molecule has 0 aromatic carbocycles. The van der Waals surface area contributed by atoms with Gasteiger partial charge in [-0.05, 0) is 39.2 Å². The second kappa shape index (κ2) is 6.89. The molecule has 0 aliphatic carbocycles. The van der Waals surface area contributed by atoms with Gasteiger partial charge in [-0.2, -0.15) is 0 Å². The average molecular weight is 267 g/mol. The first-order valence-corrected chi connectivity index (χ1v) is 7.48. The summed E-state index contributed by atoms with van der Waals surface area (Å²) < 4.78 is 0. The van der Waals surface area contributed by atoms with E-state index in [1.54, 1.807) is 6.92 Å². The van der Waals surface area contributed by atoms with Crippen molar-refractivity contribution in [3.05, 3.63) is 0 Å². The summed E-state index contributed by atoms with van der Waals surface area (Å²) in [5.41, 5.74) is 0. The fourth-order valence-corrected chi connectivity index (χ4v) is 2.90. The quantitative estimate of drug-likeness (QED) is 0.786. The lowest BCUT2D eigenvalue weighted by Crippen LogP contribution is -2.47. The first-order chi connectivity index (χ1) is 9.16. The molecule has 2 fully saturated rings. The van der Waals surface area contributed by atoms with E-state index < -0.39 is 6.04 Å². The summed E-state index contributed by atoms with van der Waals surface area (Å²) in [5, 5.41) is 6.19. The highest BCUT2D eigenvalue weighted by Gasteiger charge is 2.25. The van der Waals surface area contributed by atoms with Gasteiger partial charge in [-0.1, -0.05) is 6.42 Å². The van der Waals surface area contributed by atoms with Crippen LogP contribution < -0.4 is 10.6 Å². The third-order valence-electron chi connectivity index (χ3n) is 4.01. The molecule has 2 saturated heterocycles. The van der Waals surface area contributed by atoms with E-state index in [2.05, 4.69) is 10.6 Å². The van der Waals surface area contributed by atoms with Gasteiger partial charge in [-0.3, -0.25) is 9.59 Å². The van der Waals surface area contributed by atoms with Crippen molar-refractivity contribution in [1.29, 1.82) is 0 Å². The lowest BCUT2D eigenvalue weighted by atomic mass is 10.0. The Balaban J connectivity index is 1.72. The van der Waals surface area contributed by atoms with Gasteiger partial charge in [0.2, 0.25) is 11.8 Å². The van der Waals surface area contributed by atoms with E-state index in [9.17, 15) is 9.59 Å². The molecule has 2 rings (SSSR count). The Labute approximate surface area is 115 Å². The SMILES string of the molecule is CC(NC(=O)CC1CCCCN1)C(=O)N1CCCC1. The monoisotopic (exact) mass is 267 g/mol. The number of nitrogens with one attached hydrogen (secondary N) is 2. The number of hydrogen-bond donors (Lipinski definition) is 2. The molecule has 2 aliphatic rings. The average Bonchev–Trinajstić information content (AvgIpc) is 2.92. The van der Waals surface area contributed by atoms with Gasteiger partial charge in [0.25, 0.3) is 0 Å². The summed E-state index contributed by atoms with van der Waals surface area (Å²) in [5.74, 6) is 0.0434. The topological polar surface area (TPSA) is 61.4 Å². The maximum Gasteiger partial charge on any atom is 0.244 e. The highest BCUT2D eigenvalue weighted by Crippen LogP contribution is 2.11. The fourth-order valence-electron chi connectivity index (χ4n) is 2.90. The number of carbonyl (C=O) groups is 2. The van der Waals surface area contributed by atoms with Gasteiger partial charge in [0.05, 0.1) is 0 Å². The number of hydrogen-bond acceptors (Lipinski definition) is 3. The molecule has 108 valence electrons. The van der Waals surface area contributed by atoms with E-state index in [0.29, 0.717) is 6.42 Å². The van der Waals surface area contributed by atoms with Gasteiger partial charge in [0, 0.05) is 25.6 Å². The zero-order chi connectivity index (χ0) is 13.7. The van der Waals surface area contributed by atoms with Gasteiger partial charge in [0.15, 0.2) is 0 Å². The molecule has 0 spiro atoms. The van der Waals surface area contributed by atoms with Gasteiger partial charge in [-0.15, -0.1) is 0 Å². The molecule has 2 atom stereocenters. The summed E-state index contributed by atoms with van der Waals surface area (Å²) in [6, 6.07) is -0.114. The van der Waals surface area contributed by atoms with Crippen molar-refractivity contribution in [2.45, 2.75) is 57.5 Å². The second-order valence-corrected chi connectivity index (χ2v) is 5.67. The van der Waals surface area contributed by atoms with Crippen LogP contribution in [0.4, 0.5) is 0 Å². The molecule has 2 N–H and O–H groups in total. The van der Waals surface area contributed by atoms with Crippen molar-refractivity contribution < 1.29 is 9.59 Å². The minimum atomic E-state index is -0.394. The number of carbonyl (C=O) groups excluding carboxylic acids is 2. The fraction of sp³-hybridized carbons (Fsp3) is 0.857. The van der Waals surface area contributed by atoms with Crippen LogP contribution in [0.15, 0.2) is 0 Å². The molecule has 19 heavy (non-hydrogen) atoms. The molecule has 5 heteroatoms. The van der Waals surface area contributed by atoms with Crippen LogP contribution in [0.1, 0.15) is 45.4 Å². The summed E-state index contributed by atoms with van der Waals surface area (Å²) in [7, 11) is 0. The van der Waals surface area contributed by atoms with E-state index in [1.165, 1.54) is 12.8 Å². The van der Waals surface area contributed by atoms with Crippen LogP contribution in [0.2, 0.25) is 0 Å². The smallest absolute Gasteiger partial charge is 0.244 e. The maximum atomic E-state index is 12.1. The van der Waals surface area contributed by atoms with E-state index in [1.807, 2.05) is 4.90 Å². The highest BCUT2D eigenvalue weighted by atomic mass is 16.2. The van der Waals surface area contributed by atoms with Crippen molar-refractivity contribution in [3.8, 4) is 0 Å². The molecule has 2 amide bonds. The lowest BCUT2D eigenvalue weighted by Gasteiger charge is -2.25. The van der Waals surface area contributed by atoms with Crippen LogP contribution in [0.25, 0.3) is 0 Å². The van der Waals surface area contributed by atoms with Crippen molar-refractivity contribution in [1.82, 2.24) is 15.5 Å². The number of piperidine rings is 1. The van der Waals surface area contributed by atoms with Crippen LogP contribution in [0.3, 0.4) is 0 Å². The number of rotatable bonds is 4. The Morgan fingerprint density at radius 2 is 2.00 bits per heavy atom. The molecule has 0 radical (unpaired) electrons. The van der Waals surface area contributed by atoms with Gasteiger partial charge >= 0.3 is 0 Å². The lowest BCUT2D eigenvalue weighted by molar-refractivity contribution is -0.135. The summed E-state index contributed by atoms with van der Waals surface area (Å²) in [6.07, 6.45) is 6.09. The molecular weight excluding hydrogens is 242 g/mol. The number of nitrogens with zero attached hydrogens (tertiary/aromatic N) is 1. The van der Waals surface area contributed by atoms with E-state index >= 15 is 0 Å². The first kappa shape index (κ1) is 14.3. The van der Waals surface area contributed by atoms with Crippen LogP contribution in [-0.2, 0) is 9.59 Å². The number of likely N-dealkylation sites (tertiary alicyclic amines) is 1. The normalized spacial score (nSPS) is 25.1. The zero-order valence-corrected chi connectivity index (χ0v) is 11.8. The molecule has 2 unspecified atom stereocenters.